The molecule has 0 aliphatic heterocycles. The smallest absolute Gasteiger partial charge is 0.296 e. The van der Waals surface area contributed by atoms with Gasteiger partial charge in [-0.05, 0) is 60.9 Å². The van der Waals surface area contributed by atoms with Crippen LogP contribution in [0.3, 0.4) is 0 Å². The van der Waals surface area contributed by atoms with Crippen LogP contribution in [-0.2, 0) is 11.2 Å². The molecular formula is C28H23FN4O4. The number of anilines is 1. The number of amides is 1. The van der Waals surface area contributed by atoms with Gasteiger partial charge in [-0.3, -0.25) is 14.9 Å². The minimum atomic E-state index is -0.568. The first-order chi connectivity index (χ1) is 17.9. The number of halogens is 1. The van der Waals surface area contributed by atoms with Gasteiger partial charge in [-0.25, -0.2) is 9.37 Å². The summed E-state index contributed by atoms with van der Waals surface area (Å²) in [5, 5.41) is 15.8. The number of H-pyrrole nitrogens is 1. The molecule has 2 heterocycles. The van der Waals surface area contributed by atoms with E-state index in [4.69, 9.17) is 9.72 Å². The summed E-state index contributed by atoms with van der Waals surface area (Å²) < 4.78 is 19.2. The number of aromatic nitrogens is 2. The van der Waals surface area contributed by atoms with Crippen molar-refractivity contribution in [2.75, 3.05) is 12.4 Å². The number of rotatable bonds is 8. The molecule has 0 aliphatic rings. The molecule has 0 saturated carbocycles. The van der Waals surface area contributed by atoms with Gasteiger partial charge in [-0.1, -0.05) is 24.3 Å². The van der Waals surface area contributed by atoms with Crippen LogP contribution in [0.15, 0.2) is 72.8 Å². The molecule has 0 atom stereocenters. The lowest BCUT2D eigenvalue weighted by molar-refractivity contribution is -0.384. The summed E-state index contributed by atoms with van der Waals surface area (Å²) in [7, 11) is 1.41. The molecule has 0 unspecified atom stereocenters. The van der Waals surface area contributed by atoms with Crippen molar-refractivity contribution in [1.82, 2.24) is 9.97 Å². The normalized spacial score (nSPS) is 11.1. The van der Waals surface area contributed by atoms with Crippen molar-refractivity contribution < 1.29 is 18.8 Å². The predicted octanol–water partition coefficient (Wildman–Crippen LogP) is 6.40. The van der Waals surface area contributed by atoms with Crippen molar-refractivity contribution in [3.05, 3.63) is 94.3 Å². The number of aryl methyl sites for hydroxylation is 1. The zero-order valence-corrected chi connectivity index (χ0v) is 20.0. The van der Waals surface area contributed by atoms with Gasteiger partial charge in [0.2, 0.25) is 5.91 Å². The van der Waals surface area contributed by atoms with Crippen LogP contribution in [0.1, 0.15) is 18.4 Å². The summed E-state index contributed by atoms with van der Waals surface area (Å²) in [5.74, 6) is -0.383. The summed E-state index contributed by atoms with van der Waals surface area (Å²) >= 11 is 0. The maximum absolute atomic E-state index is 14.1. The van der Waals surface area contributed by atoms with Crippen LogP contribution >= 0.6 is 0 Å². The summed E-state index contributed by atoms with van der Waals surface area (Å²) in [5.41, 5.74) is 3.84. The van der Waals surface area contributed by atoms with Crippen LogP contribution in [0, 0.1) is 15.9 Å². The lowest BCUT2D eigenvalue weighted by Gasteiger charge is -2.09. The topological polar surface area (TPSA) is 110 Å². The molecule has 0 spiro atoms. The van der Waals surface area contributed by atoms with Crippen molar-refractivity contribution in [2.45, 2.75) is 19.3 Å². The number of hydrogen-bond acceptors (Lipinski definition) is 5. The fraction of sp³-hybridized carbons (Fsp3) is 0.143. The third-order valence-corrected chi connectivity index (χ3v) is 6.23. The zero-order chi connectivity index (χ0) is 25.9. The second-order valence-corrected chi connectivity index (χ2v) is 8.60. The molecule has 0 bridgehead atoms. The van der Waals surface area contributed by atoms with E-state index < -0.39 is 4.92 Å². The molecule has 186 valence electrons. The average Bonchev–Trinajstić information content (AvgIpc) is 3.26. The van der Waals surface area contributed by atoms with Crippen LogP contribution in [0.5, 0.6) is 5.75 Å². The molecule has 2 aromatic heterocycles. The largest absolute Gasteiger partial charge is 0.496 e. The quantitative estimate of drug-likeness (QED) is 0.190. The summed E-state index contributed by atoms with van der Waals surface area (Å²) in [6, 6.07) is 20.5. The zero-order valence-electron chi connectivity index (χ0n) is 20.0. The second kappa shape index (κ2) is 10.1. The molecular weight excluding hydrogens is 475 g/mol. The number of nitrogens with zero attached hydrogens (tertiary/aromatic N) is 2. The summed E-state index contributed by atoms with van der Waals surface area (Å²) in [4.78, 5) is 31.6. The Morgan fingerprint density at radius 2 is 1.95 bits per heavy atom. The van der Waals surface area contributed by atoms with E-state index in [1.807, 2.05) is 36.4 Å². The number of aromatic amines is 1. The first-order valence-corrected chi connectivity index (χ1v) is 11.7. The van der Waals surface area contributed by atoms with E-state index in [1.165, 1.54) is 31.4 Å². The number of carbonyl (C=O) groups excluding carboxylic acids is 1. The Morgan fingerprint density at radius 3 is 2.76 bits per heavy atom. The van der Waals surface area contributed by atoms with E-state index in [-0.39, 0.29) is 29.5 Å². The first kappa shape index (κ1) is 23.9. The van der Waals surface area contributed by atoms with Crippen LogP contribution in [0.4, 0.5) is 15.8 Å². The molecule has 2 N–H and O–H groups in total. The lowest BCUT2D eigenvalue weighted by atomic mass is 10.0. The SMILES string of the molecule is COc1ccc(NC(=O)CCCc2c(-c3ccc4ccccc4n3)[nH]c3ccc(F)cc23)c([N+](=O)[O-])c1. The van der Waals surface area contributed by atoms with E-state index in [0.29, 0.717) is 18.6 Å². The summed E-state index contributed by atoms with van der Waals surface area (Å²) in [6.07, 6.45) is 1.04. The highest BCUT2D eigenvalue weighted by atomic mass is 19.1. The Morgan fingerprint density at radius 1 is 1.11 bits per heavy atom. The van der Waals surface area contributed by atoms with Gasteiger partial charge in [0.25, 0.3) is 5.69 Å². The number of nitro groups is 1. The Labute approximate surface area is 211 Å². The second-order valence-electron chi connectivity index (χ2n) is 8.60. The molecule has 3 aromatic carbocycles. The van der Waals surface area contributed by atoms with Gasteiger partial charge in [0.15, 0.2) is 0 Å². The Balaban J connectivity index is 1.38. The number of nitrogens with one attached hydrogen (secondary N) is 2. The van der Waals surface area contributed by atoms with E-state index in [9.17, 15) is 19.3 Å². The molecule has 9 heteroatoms. The number of methoxy groups -OCH3 is 1. The predicted molar refractivity (Wildman–Crippen MR) is 140 cm³/mol. The van der Waals surface area contributed by atoms with Gasteiger partial charge >= 0.3 is 0 Å². The average molecular weight is 499 g/mol. The minimum Gasteiger partial charge on any atom is -0.496 e. The molecule has 5 aromatic rings. The van der Waals surface area contributed by atoms with Crippen molar-refractivity contribution in [2.24, 2.45) is 0 Å². The Bertz CT molecular complexity index is 1650. The third kappa shape index (κ3) is 4.97. The number of benzene rings is 3. The fourth-order valence-corrected chi connectivity index (χ4v) is 4.44. The van der Waals surface area contributed by atoms with Crippen molar-refractivity contribution in [1.29, 1.82) is 0 Å². The molecule has 37 heavy (non-hydrogen) atoms. The van der Waals surface area contributed by atoms with E-state index in [1.54, 1.807) is 12.1 Å². The molecule has 5 rings (SSSR count). The third-order valence-electron chi connectivity index (χ3n) is 6.23. The fourth-order valence-electron chi connectivity index (χ4n) is 4.44. The maximum Gasteiger partial charge on any atom is 0.296 e. The van der Waals surface area contributed by atoms with Gasteiger partial charge in [0, 0.05) is 22.7 Å². The molecule has 0 radical (unpaired) electrons. The van der Waals surface area contributed by atoms with E-state index in [2.05, 4.69) is 10.3 Å². The number of hydrogen-bond donors (Lipinski definition) is 2. The van der Waals surface area contributed by atoms with Crippen molar-refractivity contribution in [3.63, 3.8) is 0 Å². The highest BCUT2D eigenvalue weighted by Gasteiger charge is 2.19. The standard InChI is InChI=1S/C28H23FN4O4/c1-37-19-11-14-24(26(16-19)33(35)36)31-27(34)8-4-6-20-21-15-18(29)10-13-23(21)32-28(20)25-12-9-17-5-2-3-7-22(17)30-25/h2-3,5,7,9-16,32H,4,6,8H2,1H3,(H,31,34). The number of carbonyl (C=O) groups is 1. The number of ether oxygens (including phenoxy) is 1. The van der Waals surface area contributed by atoms with E-state index in [0.717, 1.165) is 38.8 Å². The number of pyridine rings is 1. The molecule has 0 fully saturated rings. The molecule has 0 saturated heterocycles. The van der Waals surface area contributed by atoms with Gasteiger partial charge in [0.1, 0.15) is 17.3 Å². The molecule has 1 amide bonds. The first-order valence-electron chi connectivity index (χ1n) is 11.7. The Kier molecular flexibility index (Phi) is 6.51. The van der Waals surface area contributed by atoms with Gasteiger partial charge in [0.05, 0.1) is 35.0 Å². The molecule has 0 aliphatic carbocycles. The summed E-state index contributed by atoms with van der Waals surface area (Å²) in [6.45, 7) is 0. The van der Waals surface area contributed by atoms with Gasteiger partial charge < -0.3 is 15.0 Å². The Hall–Kier alpha value is -4.79. The highest BCUT2D eigenvalue weighted by Crippen LogP contribution is 2.33. The van der Waals surface area contributed by atoms with Crippen LogP contribution in [0.2, 0.25) is 0 Å². The monoisotopic (exact) mass is 498 g/mol. The minimum absolute atomic E-state index is 0.103. The van der Waals surface area contributed by atoms with E-state index >= 15 is 0 Å². The van der Waals surface area contributed by atoms with Crippen LogP contribution < -0.4 is 10.1 Å². The number of nitro benzene ring substituents is 1. The maximum atomic E-state index is 14.1. The van der Waals surface area contributed by atoms with Crippen LogP contribution in [0.25, 0.3) is 33.2 Å². The lowest BCUT2D eigenvalue weighted by Crippen LogP contribution is -2.13. The van der Waals surface area contributed by atoms with Crippen molar-refractivity contribution >= 4 is 39.1 Å². The molecule has 8 nitrogen and oxygen atoms in total. The van der Waals surface area contributed by atoms with Crippen LogP contribution in [-0.4, -0.2) is 27.9 Å². The van der Waals surface area contributed by atoms with Crippen molar-refractivity contribution in [3.8, 4) is 17.1 Å². The number of fused-ring (bicyclic) bond motifs is 2. The highest BCUT2D eigenvalue weighted by molar-refractivity contribution is 5.94. The van der Waals surface area contributed by atoms with Gasteiger partial charge in [-0.2, -0.15) is 0 Å². The van der Waals surface area contributed by atoms with Gasteiger partial charge in [-0.15, -0.1) is 0 Å². The number of para-hydroxylation sites is 1.